The van der Waals surface area contributed by atoms with E-state index in [9.17, 15) is 4.39 Å². The fourth-order valence-corrected chi connectivity index (χ4v) is 2.27. The van der Waals surface area contributed by atoms with Gasteiger partial charge in [-0.2, -0.15) is 0 Å². The molecule has 16 heavy (non-hydrogen) atoms. The van der Waals surface area contributed by atoms with Crippen LogP contribution in [-0.2, 0) is 5.67 Å². The van der Waals surface area contributed by atoms with Gasteiger partial charge in [0.05, 0.1) is 5.02 Å². The van der Waals surface area contributed by atoms with Gasteiger partial charge >= 0.3 is 0 Å². The number of nitrogens with one attached hydrogen (secondary N) is 1. The van der Waals surface area contributed by atoms with E-state index in [0.29, 0.717) is 30.0 Å². The minimum Gasteiger partial charge on any atom is -0.383 e. The molecule has 88 valence electrons. The first-order chi connectivity index (χ1) is 7.62. The van der Waals surface area contributed by atoms with Crippen LogP contribution in [0.25, 0.3) is 0 Å². The van der Waals surface area contributed by atoms with Gasteiger partial charge in [0.25, 0.3) is 0 Å². The van der Waals surface area contributed by atoms with E-state index >= 15 is 0 Å². The highest BCUT2D eigenvalue weighted by Gasteiger charge is 2.34. The molecule has 5 heteroatoms. The van der Waals surface area contributed by atoms with E-state index in [1.54, 1.807) is 6.07 Å². The second-order valence-corrected chi connectivity index (χ2v) is 4.59. The number of aromatic nitrogens is 1. The number of hydrogen-bond acceptors (Lipinski definition) is 3. The van der Waals surface area contributed by atoms with Crippen LogP contribution in [-0.4, -0.2) is 18.1 Å². The Morgan fingerprint density at radius 1 is 1.44 bits per heavy atom. The summed E-state index contributed by atoms with van der Waals surface area (Å²) in [7, 11) is 0. The van der Waals surface area contributed by atoms with Crippen molar-refractivity contribution >= 4 is 17.4 Å². The first kappa shape index (κ1) is 11.6. The van der Waals surface area contributed by atoms with Gasteiger partial charge in [0.1, 0.15) is 11.5 Å². The molecule has 1 aliphatic heterocycles. The summed E-state index contributed by atoms with van der Waals surface area (Å²) in [5, 5.41) is 3.60. The van der Waals surface area contributed by atoms with Crippen LogP contribution in [0.15, 0.2) is 12.3 Å². The van der Waals surface area contributed by atoms with Gasteiger partial charge in [-0.3, -0.25) is 0 Å². The summed E-state index contributed by atoms with van der Waals surface area (Å²) in [4.78, 5) is 3.92. The number of nitrogens with zero attached hydrogens (tertiary/aromatic N) is 1. The zero-order chi connectivity index (χ0) is 11.6. The predicted molar refractivity (Wildman–Crippen MR) is 63.2 cm³/mol. The molecule has 0 aliphatic carbocycles. The lowest BCUT2D eigenvalue weighted by Crippen LogP contribution is -2.24. The smallest absolute Gasteiger partial charge is 0.140 e. The number of hydrogen-bond donors (Lipinski definition) is 2. The molecule has 1 saturated heterocycles. The summed E-state index contributed by atoms with van der Waals surface area (Å²) in [6.45, 7) is 1.50. The largest absolute Gasteiger partial charge is 0.383 e. The lowest BCUT2D eigenvalue weighted by Gasteiger charge is -2.24. The SMILES string of the molecule is Nc1ncc(Cl)cc1C1(F)CCCNCC1. The van der Waals surface area contributed by atoms with Crippen molar-refractivity contribution in [2.24, 2.45) is 0 Å². The predicted octanol–water partition coefficient (Wildman–Crippen LogP) is 2.26. The Balaban J connectivity index is 2.36. The first-order valence-electron chi connectivity index (χ1n) is 5.43. The quantitative estimate of drug-likeness (QED) is 0.796. The highest BCUT2D eigenvalue weighted by Crippen LogP contribution is 2.38. The molecule has 1 aliphatic rings. The van der Waals surface area contributed by atoms with Crippen molar-refractivity contribution in [3.8, 4) is 0 Å². The van der Waals surface area contributed by atoms with Crippen molar-refractivity contribution in [1.29, 1.82) is 0 Å². The second-order valence-electron chi connectivity index (χ2n) is 4.16. The molecule has 2 heterocycles. The van der Waals surface area contributed by atoms with Crippen LogP contribution in [0, 0.1) is 0 Å². The Hall–Kier alpha value is -0.870. The summed E-state index contributed by atoms with van der Waals surface area (Å²) >= 11 is 5.84. The van der Waals surface area contributed by atoms with E-state index < -0.39 is 5.67 Å². The first-order valence-corrected chi connectivity index (χ1v) is 5.81. The van der Waals surface area contributed by atoms with Gasteiger partial charge in [-0.1, -0.05) is 11.6 Å². The van der Waals surface area contributed by atoms with Crippen molar-refractivity contribution in [2.45, 2.75) is 24.9 Å². The molecular formula is C11H15ClFN3. The van der Waals surface area contributed by atoms with Crippen LogP contribution in [0.1, 0.15) is 24.8 Å². The zero-order valence-electron chi connectivity index (χ0n) is 8.97. The Labute approximate surface area is 99.2 Å². The van der Waals surface area contributed by atoms with Crippen LogP contribution < -0.4 is 11.1 Å². The van der Waals surface area contributed by atoms with Crippen LogP contribution in [0.3, 0.4) is 0 Å². The van der Waals surface area contributed by atoms with Crippen molar-refractivity contribution < 1.29 is 4.39 Å². The number of alkyl halides is 1. The van der Waals surface area contributed by atoms with Crippen molar-refractivity contribution in [3.63, 3.8) is 0 Å². The van der Waals surface area contributed by atoms with E-state index in [-0.39, 0.29) is 5.82 Å². The summed E-state index contributed by atoms with van der Waals surface area (Å²) < 4.78 is 14.8. The fourth-order valence-electron chi connectivity index (χ4n) is 2.11. The lowest BCUT2D eigenvalue weighted by molar-refractivity contribution is 0.145. The Kier molecular flexibility index (Phi) is 3.30. The number of nitrogen functional groups attached to an aromatic ring is 1. The van der Waals surface area contributed by atoms with Gasteiger partial charge in [-0.15, -0.1) is 0 Å². The Bertz CT molecular complexity index is 375. The van der Waals surface area contributed by atoms with Crippen LogP contribution in [0.2, 0.25) is 5.02 Å². The summed E-state index contributed by atoms with van der Waals surface area (Å²) in [6, 6.07) is 1.59. The van der Waals surface area contributed by atoms with Gasteiger partial charge in [-0.05, 0) is 38.4 Å². The molecule has 3 nitrogen and oxygen atoms in total. The summed E-state index contributed by atoms with van der Waals surface area (Å²) in [5.74, 6) is 0.244. The normalized spacial score (nSPS) is 26.4. The van der Waals surface area contributed by atoms with Gasteiger partial charge in [0.2, 0.25) is 0 Å². The van der Waals surface area contributed by atoms with E-state index in [0.717, 1.165) is 13.0 Å². The topological polar surface area (TPSA) is 50.9 Å². The third-order valence-corrected chi connectivity index (χ3v) is 3.20. The number of nitrogens with two attached hydrogens (primary N) is 1. The van der Waals surface area contributed by atoms with Gasteiger partial charge in [-0.25, -0.2) is 9.37 Å². The molecule has 1 aromatic rings. The maximum Gasteiger partial charge on any atom is 0.140 e. The van der Waals surface area contributed by atoms with Gasteiger partial charge in [0, 0.05) is 11.8 Å². The lowest BCUT2D eigenvalue weighted by atomic mass is 9.89. The highest BCUT2D eigenvalue weighted by atomic mass is 35.5. The molecule has 2 rings (SSSR count). The van der Waals surface area contributed by atoms with E-state index in [2.05, 4.69) is 10.3 Å². The minimum absolute atomic E-state index is 0.244. The molecule has 1 fully saturated rings. The summed E-state index contributed by atoms with van der Waals surface area (Å²) in [6.07, 6.45) is 3.12. The molecule has 0 amide bonds. The van der Waals surface area contributed by atoms with E-state index in [1.807, 2.05) is 0 Å². The molecule has 0 radical (unpaired) electrons. The molecule has 0 saturated carbocycles. The summed E-state index contributed by atoms with van der Waals surface area (Å²) in [5.41, 5.74) is 4.76. The maximum atomic E-state index is 14.8. The number of rotatable bonds is 1. The molecule has 3 N–H and O–H groups in total. The monoisotopic (exact) mass is 243 g/mol. The molecular weight excluding hydrogens is 229 g/mol. The second kappa shape index (κ2) is 4.55. The van der Waals surface area contributed by atoms with Crippen LogP contribution in [0.5, 0.6) is 0 Å². The zero-order valence-corrected chi connectivity index (χ0v) is 9.73. The average Bonchev–Trinajstić information content (AvgIpc) is 2.48. The van der Waals surface area contributed by atoms with Gasteiger partial charge in [0.15, 0.2) is 0 Å². The van der Waals surface area contributed by atoms with Gasteiger partial charge < -0.3 is 11.1 Å². The average molecular weight is 244 g/mol. The van der Waals surface area contributed by atoms with E-state index in [4.69, 9.17) is 17.3 Å². The molecule has 0 spiro atoms. The van der Waals surface area contributed by atoms with E-state index in [1.165, 1.54) is 6.20 Å². The number of anilines is 1. The standard InChI is InChI=1S/C11H15ClFN3/c12-8-6-9(10(14)16-7-8)11(13)2-1-4-15-5-3-11/h6-7,15H,1-5H2,(H2,14,16). The third kappa shape index (κ3) is 2.28. The van der Waals surface area contributed by atoms with Crippen molar-refractivity contribution in [2.75, 3.05) is 18.8 Å². The Morgan fingerprint density at radius 2 is 2.25 bits per heavy atom. The molecule has 0 bridgehead atoms. The minimum atomic E-state index is -1.40. The number of halogens is 2. The molecule has 1 unspecified atom stereocenters. The molecule has 1 atom stereocenters. The molecule has 0 aromatic carbocycles. The van der Waals surface area contributed by atoms with Crippen molar-refractivity contribution in [3.05, 3.63) is 22.8 Å². The highest BCUT2D eigenvalue weighted by molar-refractivity contribution is 6.30. The maximum absolute atomic E-state index is 14.8. The molecule has 1 aromatic heterocycles. The van der Waals surface area contributed by atoms with Crippen LogP contribution >= 0.6 is 11.6 Å². The Morgan fingerprint density at radius 3 is 3.06 bits per heavy atom. The van der Waals surface area contributed by atoms with Crippen LogP contribution in [0.4, 0.5) is 10.2 Å². The van der Waals surface area contributed by atoms with Crippen molar-refractivity contribution in [1.82, 2.24) is 10.3 Å². The fraction of sp³-hybridized carbons (Fsp3) is 0.545. The number of pyridine rings is 1. The third-order valence-electron chi connectivity index (χ3n) is 2.99.